The van der Waals surface area contributed by atoms with Gasteiger partial charge in [0.2, 0.25) is 0 Å². The molecule has 1 saturated heterocycles. The Morgan fingerprint density at radius 2 is 2.13 bits per heavy atom. The van der Waals surface area contributed by atoms with Crippen LogP contribution in [0, 0.1) is 12.8 Å². The molecule has 0 bridgehead atoms. The van der Waals surface area contributed by atoms with Crippen LogP contribution in [-0.4, -0.2) is 36.0 Å². The second-order valence-electron chi connectivity index (χ2n) is 8.14. The van der Waals surface area contributed by atoms with Crippen molar-refractivity contribution in [3.63, 3.8) is 0 Å². The van der Waals surface area contributed by atoms with Crippen LogP contribution in [-0.2, 0) is 6.54 Å². The van der Waals surface area contributed by atoms with E-state index in [2.05, 4.69) is 34.3 Å². The Labute approximate surface area is 188 Å². The number of likely N-dealkylation sites (tertiary alicyclic amines) is 1. The third-order valence-electron chi connectivity index (χ3n) is 5.88. The van der Waals surface area contributed by atoms with Gasteiger partial charge in [0, 0.05) is 35.8 Å². The van der Waals surface area contributed by atoms with E-state index in [1.807, 2.05) is 48.0 Å². The molecule has 3 aromatic rings. The fourth-order valence-electron chi connectivity index (χ4n) is 4.36. The lowest BCUT2D eigenvalue weighted by molar-refractivity contribution is 0.0877. The zero-order chi connectivity index (χ0) is 21.6. The van der Waals surface area contributed by atoms with Crippen molar-refractivity contribution < 1.29 is 9.53 Å². The van der Waals surface area contributed by atoms with Crippen LogP contribution in [0.4, 0.5) is 0 Å². The Morgan fingerprint density at radius 3 is 2.87 bits per heavy atom. The molecule has 31 heavy (non-hydrogen) atoms. The number of rotatable bonds is 7. The number of hydrogen-bond donors (Lipinski definition) is 1. The van der Waals surface area contributed by atoms with Crippen molar-refractivity contribution in [2.45, 2.75) is 32.4 Å². The summed E-state index contributed by atoms with van der Waals surface area (Å²) in [7, 11) is 1.73. The van der Waals surface area contributed by atoms with Crippen LogP contribution in [0.5, 0.6) is 5.75 Å². The minimum absolute atomic E-state index is 0.0433. The average Bonchev–Trinajstić information content (AvgIpc) is 3.33. The van der Waals surface area contributed by atoms with Crippen LogP contribution in [0.1, 0.15) is 45.4 Å². The average molecular weight is 436 g/mol. The third kappa shape index (κ3) is 5.32. The molecule has 2 heterocycles. The van der Waals surface area contributed by atoms with Gasteiger partial charge in [-0.25, -0.2) is 4.98 Å². The van der Waals surface area contributed by atoms with Crippen molar-refractivity contribution in [3.8, 4) is 5.75 Å². The summed E-state index contributed by atoms with van der Waals surface area (Å²) >= 11 is 1.61. The van der Waals surface area contributed by atoms with E-state index in [0.717, 1.165) is 43.2 Å². The van der Waals surface area contributed by atoms with E-state index in [1.165, 1.54) is 11.1 Å². The van der Waals surface area contributed by atoms with Gasteiger partial charge in [-0.3, -0.25) is 9.69 Å². The summed E-state index contributed by atoms with van der Waals surface area (Å²) in [5, 5.41) is 6.24. The number of thiazole rings is 1. The van der Waals surface area contributed by atoms with Gasteiger partial charge in [-0.2, -0.15) is 0 Å². The summed E-state index contributed by atoms with van der Waals surface area (Å²) in [5.74, 6) is 1.20. The fraction of sp³-hybridized carbons (Fsp3) is 0.360. The maximum absolute atomic E-state index is 12.9. The number of ether oxygens (including phenoxy) is 1. The summed E-state index contributed by atoms with van der Waals surface area (Å²) in [5.41, 5.74) is 3.13. The van der Waals surface area contributed by atoms with Crippen molar-refractivity contribution >= 4 is 17.2 Å². The molecule has 4 rings (SSSR count). The maximum atomic E-state index is 12.9. The number of carbonyl (C=O) groups excluding carboxylic acids is 1. The van der Waals surface area contributed by atoms with Crippen molar-refractivity contribution in [2.24, 2.45) is 5.92 Å². The first-order valence-corrected chi connectivity index (χ1v) is 11.6. The molecule has 0 saturated carbocycles. The Morgan fingerprint density at radius 1 is 1.29 bits per heavy atom. The lowest BCUT2D eigenvalue weighted by atomic mass is 9.90. The first kappa shape index (κ1) is 21.5. The van der Waals surface area contributed by atoms with Crippen molar-refractivity contribution in [3.05, 3.63) is 81.8 Å². The van der Waals surface area contributed by atoms with Crippen LogP contribution in [0.25, 0.3) is 0 Å². The molecular weight excluding hydrogens is 406 g/mol. The first-order chi connectivity index (χ1) is 15.1. The number of nitrogens with zero attached hydrogens (tertiary/aromatic N) is 2. The second kappa shape index (κ2) is 10.1. The molecule has 162 valence electrons. The number of nitrogens with one attached hydrogen (secondary N) is 1. The molecule has 0 unspecified atom stereocenters. The molecular formula is C25H29N3O2S. The van der Waals surface area contributed by atoms with Gasteiger partial charge in [0.15, 0.2) is 0 Å². The van der Waals surface area contributed by atoms with Crippen molar-refractivity contribution in [1.82, 2.24) is 15.2 Å². The van der Waals surface area contributed by atoms with Crippen molar-refractivity contribution in [2.75, 3.05) is 20.2 Å². The highest BCUT2D eigenvalue weighted by Crippen LogP contribution is 2.33. The van der Waals surface area contributed by atoms with E-state index in [-0.39, 0.29) is 11.9 Å². The Balaban J connectivity index is 1.51. The highest BCUT2D eigenvalue weighted by molar-refractivity contribution is 7.09. The van der Waals surface area contributed by atoms with Crippen molar-refractivity contribution in [1.29, 1.82) is 0 Å². The summed E-state index contributed by atoms with van der Waals surface area (Å²) in [6, 6.07) is 15.7. The van der Waals surface area contributed by atoms with Crippen LogP contribution in [0.15, 0.2) is 60.1 Å². The second-order valence-corrected chi connectivity index (χ2v) is 9.07. The number of aryl methyl sites for hydroxylation is 1. The number of aromatic nitrogens is 1. The largest absolute Gasteiger partial charge is 0.496 e. The molecule has 1 amide bonds. The Kier molecular flexibility index (Phi) is 6.99. The standard InChI is InChI=1S/C25H29N3O2S/c1-18-10-11-22(30-2)21(15-18)17-28-13-6-9-20(16-28)23(25-26-12-14-31-25)27-24(29)19-7-4-3-5-8-19/h3-5,7-8,10-12,14-15,20,23H,6,9,13,16-17H2,1-2H3,(H,27,29)/t20-,23+/m0/s1. The topological polar surface area (TPSA) is 54.5 Å². The minimum Gasteiger partial charge on any atom is -0.496 e. The molecule has 1 fully saturated rings. The fourth-order valence-corrected chi connectivity index (χ4v) is 5.14. The zero-order valence-corrected chi connectivity index (χ0v) is 18.9. The lowest BCUT2D eigenvalue weighted by Crippen LogP contribution is -2.42. The molecule has 6 heteroatoms. The molecule has 0 aliphatic carbocycles. The lowest BCUT2D eigenvalue weighted by Gasteiger charge is -2.37. The highest BCUT2D eigenvalue weighted by atomic mass is 32.1. The molecule has 1 aliphatic heterocycles. The SMILES string of the molecule is COc1ccc(C)cc1CN1CCC[C@H]([C@@H](NC(=O)c2ccccc2)c2nccs2)C1. The van der Waals surface area contributed by atoms with Gasteiger partial charge in [0.1, 0.15) is 10.8 Å². The quantitative estimate of drug-likeness (QED) is 0.577. The van der Waals surface area contributed by atoms with Gasteiger partial charge < -0.3 is 10.1 Å². The van der Waals surface area contributed by atoms with E-state index in [1.54, 1.807) is 18.4 Å². The monoisotopic (exact) mass is 435 g/mol. The summed E-state index contributed by atoms with van der Waals surface area (Å²) in [4.78, 5) is 19.9. The normalized spacial score (nSPS) is 17.8. The number of piperidine rings is 1. The molecule has 1 aliphatic rings. The van der Waals surface area contributed by atoms with Gasteiger partial charge in [-0.1, -0.05) is 35.9 Å². The summed E-state index contributed by atoms with van der Waals surface area (Å²) in [6.45, 7) is 4.92. The van der Waals surface area contributed by atoms with E-state index < -0.39 is 0 Å². The third-order valence-corrected chi connectivity index (χ3v) is 6.74. The van der Waals surface area contributed by atoms with Gasteiger partial charge in [0.25, 0.3) is 5.91 Å². The number of carbonyl (C=O) groups is 1. The van der Waals surface area contributed by atoms with E-state index in [9.17, 15) is 4.79 Å². The van der Waals surface area contributed by atoms with Gasteiger partial charge in [0.05, 0.1) is 13.2 Å². The summed E-state index contributed by atoms with van der Waals surface area (Å²) < 4.78 is 5.58. The van der Waals surface area contributed by atoms with Gasteiger partial charge in [-0.15, -0.1) is 11.3 Å². The molecule has 2 aromatic carbocycles. The smallest absolute Gasteiger partial charge is 0.251 e. The molecule has 0 radical (unpaired) electrons. The highest BCUT2D eigenvalue weighted by Gasteiger charge is 2.31. The number of amides is 1. The number of benzene rings is 2. The summed E-state index contributed by atoms with van der Waals surface area (Å²) in [6.07, 6.45) is 3.99. The predicted molar refractivity (Wildman–Crippen MR) is 124 cm³/mol. The van der Waals surface area contributed by atoms with Crippen LogP contribution >= 0.6 is 11.3 Å². The first-order valence-electron chi connectivity index (χ1n) is 10.7. The molecule has 0 spiro atoms. The number of methoxy groups -OCH3 is 1. The van der Waals surface area contributed by atoms with E-state index >= 15 is 0 Å². The maximum Gasteiger partial charge on any atom is 0.251 e. The molecule has 1 aromatic heterocycles. The van der Waals surface area contributed by atoms with E-state index in [4.69, 9.17) is 4.74 Å². The predicted octanol–water partition coefficient (Wildman–Crippen LogP) is 4.84. The van der Waals surface area contributed by atoms with E-state index in [0.29, 0.717) is 11.5 Å². The minimum atomic E-state index is -0.0880. The molecule has 2 atom stereocenters. The van der Waals surface area contributed by atoms with Gasteiger partial charge >= 0.3 is 0 Å². The van der Waals surface area contributed by atoms with Crippen LogP contribution in [0.2, 0.25) is 0 Å². The number of hydrogen-bond acceptors (Lipinski definition) is 5. The molecule has 5 nitrogen and oxygen atoms in total. The van der Waals surface area contributed by atoms with Crippen LogP contribution < -0.4 is 10.1 Å². The Bertz CT molecular complexity index is 991. The van der Waals surface area contributed by atoms with Gasteiger partial charge in [-0.05, 0) is 50.4 Å². The Hall–Kier alpha value is -2.70. The zero-order valence-electron chi connectivity index (χ0n) is 18.1. The molecule has 1 N–H and O–H groups in total. The van der Waals surface area contributed by atoms with Crippen LogP contribution in [0.3, 0.4) is 0 Å².